The monoisotopic (exact) mass is 403 g/mol. The van der Waals surface area contributed by atoms with Gasteiger partial charge in [-0.3, -0.25) is 0 Å². The normalized spacial score (nSPS) is 13.7. The van der Waals surface area contributed by atoms with E-state index in [0.717, 1.165) is 16.3 Å². The Morgan fingerprint density at radius 3 is 2.59 bits per heavy atom. The maximum Gasteiger partial charge on any atom is 0.240 e. The van der Waals surface area contributed by atoms with Gasteiger partial charge in [-0.25, -0.2) is 13.1 Å². The lowest BCUT2D eigenvalue weighted by Crippen LogP contribution is -2.26. The fraction of sp³-hybridized carbons (Fsp3) is 0.200. The van der Waals surface area contributed by atoms with Crippen molar-refractivity contribution < 1.29 is 17.9 Å². The number of rotatable bonds is 5. The Kier molecular flexibility index (Phi) is 4.95. The molecule has 0 amide bonds. The van der Waals surface area contributed by atoms with Crippen molar-refractivity contribution in [3.8, 4) is 11.5 Å². The van der Waals surface area contributed by atoms with Crippen LogP contribution in [0.1, 0.15) is 5.56 Å². The summed E-state index contributed by atoms with van der Waals surface area (Å²) in [4.78, 5) is 0.251. The average molecular weight is 404 g/mol. The topological polar surface area (TPSA) is 64.6 Å². The zero-order chi connectivity index (χ0) is 18.9. The molecule has 0 unspecified atom stereocenters. The molecular formula is C20H18ClNO4S. The Morgan fingerprint density at radius 1 is 0.963 bits per heavy atom. The highest BCUT2D eigenvalue weighted by Gasteiger charge is 2.18. The van der Waals surface area contributed by atoms with Crippen molar-refractivity contribution in [1.29, 1.82) is 0 Å². The minimum absolute atomic E-state index is 0.251. The molecule has 4 rings (SSSR count). The van der Waals surface area contributed by atoms with Crippen LogP contribution in [0.25, 0.3) is 10.8 Å². The number of hydrogen-bond acceptors (Lipinski definition) is 4. The first-order valence-electron chi connectivity index (χ1n) is 8.59. The second kappa shape index (κ2) is 7.38. The predicted molar refractivity (Wildman–Crippen MR) is 105 cm³/mol. The highest BCUT2D eigenvalue weighted by molar-refractivity contribution is 7.89. The summed E-state index contributed by atoms with van der Waals surface area (Å²) in [5.41, 5.74) is 0.880. The zero-order valence-electron chi connectivity index (χ0n) is 14.4. The van der Waals surface area contributed by atoms with E-state index in [2.05, 4.69) is 4.72 Å². The number of sulfonamides is 1. The molecule has 0 aliphatic carbocycles. The molecule has 27 heavy (non-hydrogen) atoms. The van der Waals surface area contributed by atoms with Gasteiger partial charge in [-0.05, 0) is 47.0 Å². The van der Waals surface area contributed by atoms with E-state index in [4.69, 9.17) is 21.1 Å². The lowest BCUT2D eigenvalue weighted by Gasteiger charge is -2.20. The number of hydrogen-bond donors (Lipinski definition) is 1. The molecule has 3 aromatic carbocycles. The van der Waals surface area contributed by atoms with E-state index in [-0.39, 0.29) is 11.4 Å². The highest BCUT2D eigenvalue weighted by atomic mass is 35.5. The third kappa shape index (κ3) is 3.88. The van der Waals surface area contributed by atoms with Crippen molar-refractivity contribution in [2.75, 3.05) is 19.8 Å². The van der Waals surface area contributed by atoms with E-state index >= 15 is 0 Å². The molecule has 1 N–H and O–H groups in total. The van der Waals surface area contributed by atoms with Crippen LogP contribution in [-0.2, 0) is 16.4 Å². The van der Waals surface area contributed by atoms with Crippen LogP contribution in [-0.4, -0.2) is 28.2 Å². The van der Waals surface area contributed by atoms with Crippen molar-refractivity contribution in [2.45, 2.75) is 11.3 Å². The highest BCUT2D eigenvalue weighted by Crippen LogP contribution is 2.38. The van der Waals surface area contributed by atoms with E-state index in [1.165, 1.54) is 0 Å². The van der Waals surface area contributed by atoms with Crippen LogP contribution in [0.3, 0.4) is 0 Å². The molecule has 7 heteroatoms. The molecule has 0 saturated heterocycles. The number of fused-ring (bicyclic) bond motifs is 2. The van der Waals surface area contributed by atoms with Gasteiger partial charge in [0.05, 0.1) is 9.92 Å². The molecule has 0 aromatic heterocycles. The van der Waals surface area contributed by atoms with Gasteiger partial charge in [0.15, 0.2) is 11.5 Å². The third-order valence-corrected chi connectivity index (χ3v) is 6.13. The lowest BCUT2D eigenvalue weighted by molar-refractivity contribution is 0.171. The molecule has 0 spiro atoms. The van der Waals surface area contributed by atoms with Crippen LogP contribution in [0.4, 0.5) is 0 Å². The van der Waals surface area contributed by atoms with Crippen molar-refractivity contribution in [3.05, 3.63) is 65.2 Å². The first-order valence-corrected chi connectivity index (χ1v) is 10.5. The number of nitrogens with one attached hydrogen (secondary N) is 1. The van der Waals surface area contributed by atoms with Crippen molar-refractivity contribution in [3.63, 3.8) is 0 Å². The number of halogens is 1. The van der Waals surface area contributed by atoms with Gasteiger partial charge in [0, 0.05) is 6.54 Å². The molecular weight excluding hydrogens is 386 g/mol. The van der Waals surface area contributed by atoms with Gasteiger partial charge in [-0.15, -0.1) is 0 Å². The van der Waals surface area contributed by atoms with Crippen molar-refractivity contribution in [2.24, 2.45) is 0 Å². The minimum Gasteiger partial charge on any atom is -0.486 e. The summed E-state index contributed by atoms with van der Waals surface area (Å²) in [6.07, 6.45) is 0.489. The molecule has 140 valence electrons. The van der Waals surface area contributed by atoms with E-state index in [1.807, 2.05) is 36.4 Å². The van der Waals surface area contributed by atoms with Gasteiger partial charge in [-0.1, -0.05) is 41.9 Å². The van der Waals surface area contributed by atoms with Crippen LogP contribution >= 0.6 is 11.6 Å². The van der Waals surface area contributed by atoms with Crippen LogP contribution in [0.15, 0.2) is 59.5 Å². The van der Waals surface area contributed by atoms with Gasteiger partial charge in [0.1, 0.15) is 13.2 Å². The van der Waals surface area contributed by atoms with Crippen LogP contribution in [0, 0.1) is 0 Å². The number of benzene rings is 3. The summed E-state index contributed by atoms with van der Waals surface area (Å²) in [6, 6.07) is 16.4. The van der Waals surface area contributed by atoms with Crippen molar-refractivity contribution in [1.82, 2.24) is 4.72 Å². The Balaban J connectivity index is 1.47. The molecule has 0 bridgehead atoms. The SMILES string of the molecule is O=S(=O)(NCCc1cc(Cl)c2c(c1)OCCO2)c1ccc2ccccc2c1. The standard InChI is InChI=1S/C20H18ClNO4S/c21-18-11-14(12-19-20(18)26-10-9-25-19)7-8-22-27(23,24)17-6-5-15-3-1-2-4-16(15)13-17/h1-6,11-13,22H,7-10H2. The molecule has 1 aliphatic rings. The molecule has 1 heterocycles. The van der Waals surface area contributed by atoms with Gasteiger partial charge in [0.2, 0.25) is 10.0 Å². The first kappa shape index (κ1) is 18.1. The van der Waals surface area contributed by atoms with Gasteiger partial charge in [-0.2, -0.15) is 0 Å². The summed E-state index contributed by atoms with van der Waals surface area (Å²) in [6.45, 7) is 1.20. The van der Waals surface area contributed by atoms with E-state index in [0.29, 0.717) is 36.2 Å². The van der Waals surface area contributed by atoms with Crippen LogP contribution < -0.4 is 14.2 Å². The zero-order valence-corrected chi connectivity index (χ0v) is 16.0. The Hall–Kier alpha value is -2.28. The van der Waals surface area contributed by atoms with Gasteiger partial charge in [0.25, 0.3) is 0 Å². The molecule has 0 saturated carbocycles. The quantitative estimate of drug-likeness (QED) is 0.704. The fourth-order valence-corrected chi connectivity index (χ4v) is 4.41. The smallest absolute Gasteiger partial charge is 0.240 e. The summed E-state index contributed by atoms with van der Waals surface area (Å²) >= 11 is 6.22. The van der Waals surface area contributed by atoms with Gasteiger partial charge >= 0.3 is 0 Å². The number of ether oxygens (including phenoxy) is 2. The molecule has 1 aliphatic heterocycles. The minimum atomic E-state index is -3.59. The van der Waals surface area contributed by atoms with E-state index < -0.39 is 10.0 Å². The van der Waals surface area contributed by atoms with Crippen LogP contribution in [0.5, 0.6) is 11.5 Å². The lowest BCUT2D eigenvalue weighted by atomic mass is 10.1. The fourth-order valence-electron chi connectivity index (χ4n) is 3.06. The Labute approximate surface area is 162 Å². The van der Waals surface area contributed by atoms with E-state index in [9.17, 15) is 8.42 Å². The second-order valence-corrected chi connectivity index (χ2v) is 8.43. The second-order valence-electron chi connectivity index (χ2n) is 6.26. The van der Waals surface area contributed by atoms with Gasteiger partial charge < -0.3 is 9.47 Å². The van der Waals surface area contributed by atoms with Crippen molar-refractivity contribution >= 4 is 32.4 Å². The summed E-state index contributed by atoms with van der Waals surface area (Å²) in [5, 5.41) is 2.36. The summed E-state index contributed by atoms with van der Waals surface area (Å²) < 4.78 is 38.9. The molecule has 5 nitrogen and oxygen atoms in total. The average Bonchev–Trinajstić information content (AvgIpc) is 2.67. The largest absolute Gasteiger partial charge is 0.486 e. The summed E-state index contributed by atoms with van der Waals surface area (Å²) in [7, 11) is -3.59. The van der Waals surface area contributed by atoms with Crippen LogP contribution in [0.2, 0.25) is 5.02 Å². The maximum absolute atomic E-state index is 12.6. The molecule has 0 fully saturated rings. The maximum atomic E-state index is 12.6. The Morgan fingerprint density at radius 2 is 1.74 bits per heavy atom. The van der Waals surface area contributed by atoms with E-state index in [1.54, 1.807) is 18.2 Å². The Bertz CT molecular complexity index is 1100. The predicted octanol–water partition coefficient (Wildman–Crippen LogP) is 3.79. The first-order chi connectivity index (χ1) is 13.0. The molecule has 0 atom stereocenters. The molecule has 3 aromatic rings. The third-order valence-electron chi connectivity index (χ3n) is 4.39. The summed E-state index contributed by atoms with van der Waals surface area (Å²) in [5.74, 6) is 1.14. The molecule has 0 radical (unpaired) electrons.